The molecule has 21 heavy (non-hydrogen) atoms. The van der Waals surface area contributed by atoms with E-state index in [0.717, 1.165) is 6.42 Å². The first kappa shape index (κ1) is 11.7. The van der Waals surface area contributed by atoms with Gasteiger partial charge in [0.05, 0.1) is 0 Å². The van der Waals surface area contributed by atoms with Crippen molar-refractivity contribution >= 4 is 0 Å². The molecule has 1 fully saturated rings. The van der Waals surface area contributed by atoms with Crippen molar-refractivity contribution in [3.63, 3.8) is 0 Å². The summed E-state index contributed by atoms with van der Waals surface area (Å²) in [5.41, 5.74) is 8.85. The molecular weight excluding hydrogens is 256 g/mol. The molecule has 3 atom stereocenters. The van der Waals surface area contributed by atoms with Crippen LogP contribution in [0.2, 0.25) is 0 Å². The molecule has 0 N–H and O–H groups in total. The predicted octanol–water partition coefficient (Wildman–Crippen LogP) is 3.70. The molecule has 1 heterocycles. The highest BCUT2D eigenvalue weighted by atomic mass is 15.8. The molecule has 2 nitrogen and oxygen atoms in total. The van der Waals surface area contributed by atoms with Gasteiger partial charge in [0, 0.05) is 20.0 Å². The highest BCUT2D eigenvalue weighted by Crippen LogP contribution is 2.51. The summed E-state index contributed by atoms with van der Waals surface area (Å²) in [5.74, 6) is 0.476. The Labute approximate surface area is 125 Å². The first-order chi connectivity index (χ1) is 10.3. The summed E-state index contributed by atoms with van der Waals surface area (Å²) in [7, 11) is 4.31. The highest BCUT2D eigenvalue weighted by molar-refractivity contribution is 5.82. The van der Waals surface area contributed by atoms with Crippen LogP contribution in [0.3, 0.4) is 0 Å². The molecule has 0 radical (unpaired) electrons. The molecule has 0 bridgehead atoms. The Morgan fingerprint density at radius 3 is 2.62 bits per heavy atom. The van der Waals surface area contributed by atoms with E-state index in [1.54, 1.807) is 5.56 Å². The van der Waals surface area contributed by atoms with Crippen molar-refractivity contribution in [1.82, 2.24) is 10.0 Å². The van der Waals surface area contributed by atoms with Crippen molar-refractivity contribution in [3.8, 4) is 11.1 Å². The second kappa shape index (κ2) is 3.85. The van der Waals surface area contributed by atoms with Crippen LogP contribution in [0.4, 0.5) is 0 Å². The van der Waals surface area contributed by atoms with Crippen LogP contribution in [0.15, 0.2) is 48.6 Å². The molecule has 104 valence electrons. The first-order valence-electron chi connectivity index (χ1n) is 7.64. The average molecular weight is 274 g/mol. The third-order valence-electron chi connectivity index (χ3n) is 5.30. The average Bonchev–Trinajstić information content (AvgIpc) is 2.98. The second-order valence-electron chi connectivity index (χ2n) is 6.36. The summed E-state index contributed by atoms with van der Waals surface area (Å²) in [4.78, 5) is 0. The van der Waals surface area contributed by atoms with E-state index in [0.29, 0.717) is 12.1 Å². The van der Waals surface area contributed by atoms with Gasteiger partial charge in [-0.25, -0.2) is 10.0 Å². The minimum absolute atomic E-state index is 0.448. The largest absolute Gasteiger partial charge is 0.220 e. The molecule has 5 rings (SSSR count). The molecule has 2 heteroatoms. The molecule has 0 aromatic heterocycles. The van der Waals surface area contributed by atoms with Crippen LogP contribution in [0.5, 0.6) is 0 Å². The lowest BCUT2D eigenvalue weighted by Gasteiger charge is -2.18. The third kappa shape index (κ3) is 1.44. The van der Waals surface area contributed by atoms with Crippen LogP contribution >= 0.6 is 0 Å². The number of hydrogen-bond donors (Lipinski definition) is 0. The van der Waals surface area contributed by atoms with Crippen molar-refractivity contribution in [1.29, 1.82) is 0 Å². The number of fused-ring (bicyclic) bond motifs is 3. The topological polar surface area (TPSA) is 6.02 Å². The molecule has 2 aromatic carbocycles. The van der Waals surface area contributed by atoms with Gasteiger partial charge in [-0.2, -0.15) is 0 Å². The monoisotopic (exact) mass is 274 g/mol. The fraction of sp³-hybridized carbons (Fsp3) is 0.263. The van der Waals surface area contributed by atoms with Crippen LogP contribution in [-0.2, 0) is 6.42 Å². The van der Waals surface area contributed by atoms with E-state index in [9.17, 15) is 0 Å². The Morgan fingerprint density at radius 1 is 1.00 bits per heavy atom. The highest BCUT2D eigenvalue weighted by Gasteiger charge is 2.41. The van der Waals surface area contributed by atoms with E-state index in [2.05, 4.69) is 72.7 Å². The number of allylic oxidation sites excluding steroid dienone is 2. The molecule has 3 unspecified atom stereocenters. The zero-order chi connectivity index (χ0) is 14.1. The Hall–Kier alpha value is -1.90. The summed E-state index contributed by atoms with van der Waals surface area (Å²) >= 11 is 0. The van der Waals surface area contributed by atoms with Crippen molar-refractivity contribution in [3.05, 3.63) is 70.8 Å². The van der Waals surface area contributed by atoms with E-state index in [4.69, 9.17) is 0 Å². The van der Waals surface area contributed by atoms with Gasteiger partial charge in [0.2, 0.25) is 0 Å². The maximum atomic E-state index is 2.42. The van der Waals surface area contributed by atoms with Crippen molar-refractivity contribution < 1.29 is 0 Å². The van der Waals surface area contributed by atoms with Crippen molar-refractivity contribution in [2.75, 3.05) is 14.1 Å². The smallest absolute Gasteiger partial charge is 0.114 e. The minimum atomic E-state index is 0.448. The van der Waals surface area contributed by atoms with Crippen LogP contribution < -0.4 is 0 Å². The predicted molar refractivity (Wildman–Crippen MR) is 84.8 cm³/mol. The second-order valence-corrected chi connectivity index (χ2v) is 6.36. The fourth-order valence-corrected chi connectivity index (χ4v) is 4.15. The number of hydrazine groups is 1. The van der Waals surface area contributed by atoms with Gasteiger partial charge in [-0.15, -0.1) is 0 Å². The summed E-state index contributed by atoms with van der Waals surface area (Å²) in [5, 5.41) is 4.57. The maximum Gasteiger partial charge on any atom is 0.114 e. The molecule has 2 aliphatic carbocycles. The molecule has 2 aromatic rings. The molecule has 1 aliphatic heterocycles. The Balaban J connectivity index is 1.76. The first-order valence-corrected chi connectivity index (χ1v) is 7.64. The standard InChI is InChI=1S/C19H18N2/c1-20-19(21(20)2)13-10-12-6-5-9-16-14-7-3-4-8-15(14)17(11-13)18(12)16/h3-5,7-11,16,19H,6H2,1-2H3. The number of hydrogen-bond acceptors (Lipinski definition) is 2. The van der Waals surface area contributed by atoms with Gasteiger partial charge in [0.25, 0.3) is 0 Å². The summed E-state index contributed by atoms with van der Waals surface area (Å²) in [6.45, 7) is 0. The lowest BCUT2D eigenvalue weighted by atomic mass is 9.86. The molecule has 0 spiro atoms. The van der Waals surface area contributed by atoms with E-state index in [1.165, 1.54) is 27.8 Å². The Kier molecular flexibility index (Phi) is 2.15. The molecule has 1 saturated heterocycles. The van der Waals surface area contributed by atoms with Crippen molar-refractivity contribution in [2.24, 2.45) is 0 Å². The van der Waals surface area contributed by atoms with Crippen LogP contribution in [0, 0.1) is 0 Å². The Morgan fingerprint density at radius 2 is 1.81 bits per heavy atom. The minimum Gasteiger partial charge on any atom is -0.220 e. The van der Waals surface area contributed by atoms with Crippen LogP contribution in [-0.4, -0.2) is 24.1 Å². The fourth-order valence-electron chi connectivity index (χ4n) is 4.15. The molecular formula is C19H18N2. The van der Waals surface area contributed by atoms with Crippen molar-refractivity contribution in [2.45, 2.75) is 18.5 Å². The normalized spacial score (nSPS) is 31.0. The van der Waals surface area contributed by atoms with Gasteiger partial charge in [0.1, 0.15) is 6.17 Å². The third-order valence-corrected chi connectivity index (χ3v) is 5.30. The number of rotatable bonds is 1. The number of nitrogens with zero attached hydrogens (tertiary/aromatic N) is 2. The van der Waals surface area contributed by atoms with E-state index in [-0.39, 0.29) is 0 Å². The van der Waals surface area contributed by atoms with E-state index in [1.807, 2.05) is 0 Å². The zero-order valence-corrected chi connectivity index (χ0v) is 12.4. The van der Waals surface area contributed by atoms with Crippen LogP contribution in [0.1, 0.15) is 34.3 Å². The Bertz CT molecular complexity index is 782. The van der Waals surface area contributed by atoms with E-state index >= 15 is 0 Å². The van der Waals surface area contributed by atoms with E-state index < -0.39 is 0 Å². The van der Waals surface area contributed by atoms with Gasteiger partial charge >= 0.3 is 0 Å². The van der Waals surface area contributed by atoms with Gasteiger partial charge in [-0.1, -0.05) is 42.5 Å². The summed E-state index contributed by atoms with van der Waals surface area (Å²) in [6, 6.07) is 13.7. The zero-order valence-electron chi connectivity index (χ0n) is 12.4. The summed E-state index contributed by atoms with van der Waals surface area (Å²) in [6.07, 6.45) is 6.24. The van der Waals surface area contributed by atoms with Gasteiger partial charge < -0.3 is 0 Å². The lowest BCUT2D eigenvalue weighted by molar-refractivity contribution is 0.412. The van der Waals surface area contributed by atoms with Gasteiger partial charge in [-0.3, -0.25) is 0 Å². The SMILES string of the molecule is CN1C(c2cc3c4c(c2)-c2ccccc2C4C=CC3)N1C. The van der Waals surface area contributed by atoms with Crippen LogP contribution in [0.25, 0.3) is 11.1 Å². The molecule has 3 aliphatic rings. The van der Waals surface area contributed by atoms with Gasteiger partial charge in [0.15, 0.2) is 0 Å². The maximum absolute atomic E-state index is 2.42. The molecule has 0 saturated carbocycles. The van der Waals surface area contributed by atoms with Gasteiger partial charge in [-0.05, 0) is 45.9 Å². The lowest BCUT2D eigenvalue weighted by Crippen LogP contribution is -2.04. The molecule has 0 amide bonds. The number of benzene rings is 2. The summed E-state index contributed by atoms with van der Waals surface area (Å²) < 4.78 is 0. The quantitative estimate of drug-likeness (QED) is 0.577.